The molecule has 0 saturated heterocycles. The minimum absolute atomic E-state index is 0.0236. The molecule has 0 aliphatic heterocycles. The summed E-state index contributed by atoms with van der Waals surface area (Å²) in [7, 11) is 0. The number of rotatable bonds is 6. The summed E-state index contributed by atoms with van der Waals surface area (Å²) in [6.07, 6.45) is -0.585. The molecule has 0 aliphatic carbocycles. The maximum atomic E-state index is 11.6. The van der Waals surface area contributed by atoms with Crippen molar-refractivity contribution >= 4 is 18.0 Å². The minimum Gasteiger partial charge on any atom is -0.444 e. The Balaban J connectivity index is 4.61. The van der Waals surface area contributed by atoms with E-state index in [9.17, 15) is 19.7 Å². The molecule has 0 rings (SSSR count). The highest BCUT2D eigenvalue weighted by Gasteiger charge is 2.31. The highest BCUT2D eigenvalue weighted by molar-refractivity contribution is 5.80. The van der Waals surface area contributed by atoms with Gasteiger partial charge in [-0.05, 0) is 33.6 Å². The van der Waals surface area contributed by atoms with Crippen LogP contribution in [0.25, 0.3) is 0 Å². The molecule has 2 amide bonds. The van der Waals surface area contributed by atoms with Gasteiger partial charge >= 0.3 is 12.0 Å². The summed E-state index contributed by atoms with van der Waals surface area (Å²) in [6, 6.07) is -1.29. The van der Waals surface area contributed by atoms with Crippen LogP contribution in [-0.2, 0) is 9.53 Å². The molecule has 0 bridgehead atoms. The molecular formula is C11H21N5O5. The summed E-state index contributed by atoms with van der Waals surface area (Å²) in [5.41, 5.74) is 9.49. The van der Waals surface area contributed by atoms with Crippen molar-refractivity contribution in [3.63, 3.8) is 0 Å². The molecule has 0 aliphatic rings. The van der Waals surface area contributed by atoms with E-state index in [0.717, 1.165) is 0 Å². The van der Waals surface area contributed by atoms with Crippen LogP contribution in [0.5, 0.6) is 0 Å². The average molecular weight is 303 g/mol. The van der Waals surface area contributed by atoms with E-state index >= 15 is 0 Å². The van der Waals surface area contributed by atoms with Crippen LogP contribution in [0.1, 0.15) is 33.6 Å². The average Bonchev–Trinajstić information content (AvgIpc) is 2.29. The van der Waals surface area contributed by atoms with E-state index in [2.05, 4.69) is 10.3 Å². The van der Waals surface area contributed by atoms with Crippen molar-refractivity contribution in [1.29, 1.82) is 0 Å². The van der Waals surface area contributed by atoms with Crippen LogP contribution in [-0.4, -0.2) is 41.1 Å². The molecule has 21 heavy (non-hydrogen) atoms. The summed E-state index contributed by atoms with van der Waals surface area (Å²) in [4.78, 5) is 36.1. The second-order valence-corrected chi connectivity index (χ2v) is 5.24. The first kappa shape index (κ1) is 18.6. The Kier molecular flexibility index (Phi) is 7.11. The fourth-order valence-electron chi connectivity index (χ4n) is 1.34. The normalized spacial score (nSPS) is 12.1. The maximum absolute atomic E-state index is 11.6. The summed E-state index contributed by atoms with van der Waals surface area (Å²) < 4.78 is 4.95. The predicted molar refractivity (Wildman–Crippen MR) is 75.1 cm³/mol. The second kappa shape index (κ2) is 8.02. The SMILES string of the molecule is CC(C)(C)OC(=O)N[C@@H](CCCN=C(N)N)C(=O)[N+](=O)[O-]. The fourth-order valence-corrected chi connectivity index (χ4v) is 1.34. The number of nitro groups is 1. The molecule has 0 spiro atoms. The molecule has 120 valence electrons. The van der Waals surface area contributed by atoms with Gasteiger partial charge in [0.05, 0.1) is 0 Å². The minimum atomic E-state index is -1.31. The van der Waals surface area contributed by atoms with Crippen LogP contribution in [0.2, 0.25) is 0 Å². The number of nitrogens with one attached hydrogen (secondary N) is 1. The lowest BCUT2D eigenvalue weighted by Crippen LogP contribution is -2.45. The molecule has 5 N–H and O–H groups in total. The number of hydrogen-bond acceptors (Lipinski definition) is 6. The van der Waals surface area contributed by atoms with E-state index in [1.165, 1.54) is 0 Å². The van der Waals surface area contributed by atoms with E-state index in [-0.39, 0.29) is 25.3 Å². The van der Waals surface area contributed by atoms with Crippen molar-refractivity contribution < 1.29 is 19.2 Å². The summed E-state index contributed by atoms with van der Waals surface area (Å²) >= 11 is 0. The molecule has 0 fully saturated rings. The number of carbonyl (C=O) groups excluding carboxylic acids is 2. The number of aliphatic imine (C=N–C) groups is 1. The maximum Gasteiger partial charge on any atom is 0.466 e. The largest absolute Gasteiger partial charge is 0.466 e. The highest BCUT2D eigenvalue weighted by Crippen LogP contribution is 2.08. The van der Waals surface area contributed by atoms with E-state index < -0.39 is 28.6 Å². The third kappa shape index (κ3) is 9.19. The van der Waals surface area contributed by atoms with Gasteiger partial charge in [-0.1, -0.05) is 0 Å². The molecule has 0 saturated carbocycles. The Morgan fingerprint density at radius 1 is 1.38 bits per heavy atom. The zero-order valence-corrected chi connectivity index (χ0v) is 12.3. The van der Waals surface area contributed by atoms with E-state index in [1.54, 1.807) is 20.8 Å². The van der Waals surface area contributed by atoms with Crippen molar-refractivity contribution in [2.75, 3.05) is 6.54 Å². The van der Waals surface area contributed by atoms with Crippen molar-refractivity contribution in [2.45, 2.75) is 45.3 Å². The van der Waals surface area contributed by atoms with Crippen LogP contribution >= 0.6 is 0 Å². The van der Waals surface area contributed by atoms with Gasteiger partial charge in [0.25, 0.3) is 0 Å². The van der Waals surface area contributed by atoms with Gasteiger partial charge in [-0.25, -0.2) is 9.59 Å². The van der Waals surface area contributed by atoms with Crippen LogP contribution in [0, 0.1) is 10.1 Å². The first-order valence-corrected chi connectivity index (χ1v) is 6.26. The molecule has 0 aromatic rings. The standard InChI is InChI=1S/C11H21N5O5/c1-11(2,3)21-10(18)15-7(8(17)16(19)20)5-4-6-14-9(12)13/h7H,4-6H2,1-3H3,(H,15,18)(H4,12,13,14)/t7-/m0/s1. The quantitative estimate of drug-likeness (QED) is 0.200. The Morgan fingerprint density at radius 2 is 1.95 bits per heavy atom. The smallest absolute Gasteiger partial charge is 0.444 e. The van der Waals surface area contributed by atoms with Gasteiger partial charge in [0.15, 0.2) is 12.0 Å². The van der Waals surface area contributed by atoms with E-state index in [1.807, 2.05) is 0 Å². The molecule has 0 unspecified atom stereocenters. The number of nitrogens with two attached hydrogens (primary N) is 2. The van der Waals surface area contributed by atoms with Gasteiger partial charge in [-0.15, -0.1) is 0 Å². The Hall–Kier alpha value is -2.39. The number of alkyl carbamates (subject to hydrolysis) is 1. The third-order valence-corrected chi connectivity index (χ3v) is 2.11. The van der Waals surface area contributed by atoms with Crippen LogP contribution in [0.15, 0.2) is 4.99 Å². The number of guanidine groups is 1. The monoisotopic (exact) mass is 303 g/mol. The molecule has 1 atom stereocenters. The van der Waals surface area contributed by atoms with Gasteiger partial charge in [0.2, 0.25) is 0 Å². The Labute approximate surface area is 122 Å². The summed E-state index contributed by atoms with van der Waals surface area (Å²) in [5.74, 6) is -1.43. The summed E-state index contributed by atoms with van der Waals surface area (Å²) in [6.45, 7) is 5.10. The molecule has 10 heteroatoms. The Bertz CT molecular complexity index is 425. The predicted octanol–water partition coefficient (Wildman–Crippen LogP) is -0.263. The van der Waals surface area contributed by atoms with Crippen LogP contribution in [0.4, 0.5) is 4.79 Å². The number of amides is 2. The lowest BCUT2D eigenvalue weighted by Gasteiger charge is -2.21. The van der Waals surface area contributed by atoms with Crippen molar-refractivity contribution in [2.24, 2.45) is 16.5 Å². The van der Waals surface area contributed by atoms with Crippen molar-refractivity contribution in [1.82, 2.24) is 5.32 Å². The van der Waals surface area contributed by atoms with Crippen molar-refractivity contribution in [3.8, 4) is 0 Å². The van der Waals surface area contributed by atoms with Crippen molar-refractivity contribution in [3.05, 3.63) is 10.1 Å². The van der Waals surface area contributed by atoms with Crippen LogP contribution < -0.4 is 16.8 Å². The second-order valence-electron chi connectivity index (χ2n) is 5.24. The topological polar surface area (TPSA) is 163 Å². The lowest BCUT2D eigenvalue weighted by molar-refractivity contribution is -0.404. The first-order chi connectivity index (χ1) is 9.53. The highest BCUT2D eigenvalue weighted by atomic mass is 16.6. The molecular weight excluding hydrogens is 282 g/mol. The first-order valence-electron chi connectivity index (χ1n) is 6.26. The number of hydrogen-bond donors (Lipinski definition) is 3. The zero-order valence-electron chi connectivity index (χ0n) is 12.3. The molecule has 0 radical (unpaired) electrons. The van der Waals surface area contributed by atoms with Gasteiger partial charge in [-0.3, -0.25) is 15.1 Å². The number of nitrogens with zero attached hydrogens (tertiary/aromatic N) is 2. The van der Waals surface area contributed by atoms with Gasteiger partial charge in [-0.2, -0.15) is 0 Å². The lowest BCUT2D eigenvalue weighted by atomic mass is 10.1. The van der Waals surface area contributed by atoms with E-state index in [0.29, 0.717) is 0 Å². The third-order valence-electron chi connectivity index (χ3n) is 2.11. The number of carbonyl (C=O) groups is 2. The zero-order chi connectivity index (χ0) is 16.6. The number of ether oxygens (including phenoxy) is 1. The fraction of sp³-hybridized carbons (Fsp3) is 0.727. The summed E-state index contributed by atoms with van der Waals surface area (Å²) in [5, 5.41) is 12.7. The molecule has 0 aromatic heterocycles. The molecule has 10 nitrogen and oxygen atoms in total. The van der Waals surface area contributed by atoms with Gasteiger partial charge in [0, 0.05) is 6.54 Å². The molecule has 0 heterocycles. The Morgan fingerprint density at radius 3 is 2.38 bits per heavy atom. The van der Waals surface area contributed by atoms with Crippen LogP contribution in [0.3, 0.4) is 0 Å². The molecule has 0 aromatic carbocycles. The van der Waals surface area contributed by atoms with E-state index in [4.69, 9.17) is 16.2 Å². The van der Waals surface area contributed by atoms with Gasteiger partial charge in [0.1, 0.15) is 10.5 Å². The van der Waals surface area contributed by atoms with Gasteiger partial charge < -0.3 is 21.5 Å².